The monoisotopic (exact) mass is 337 g/mol. The van der Waals surface area contributed by atoms with Crippen molar-refractivity contribution in [2.24, 2.45) is 5.73 Å². The van der Waals surface area contributed by atoms with Gasteiger partial charge in [0.25, 0.3) is 0 Å². The van der Waals surface area contributed by atoms with E-state index in [0.717, 1.165) is 19.3 Å². The molecule has 1 aromatic carbocycles. The summed E-state index contributed by atoms with van der Waals surface area (Å²) in [6.45, 7) is 1.97. The van der Waals surface area contributed by atoms with Gasteiger partial charge in [0, 0.05) is 0 Å². The van der Waals surface area contributed by atoms with Gasteiger partial charge in [-0.2, -0.15) is 0 Å². The first-order valence-corrected chi connectivity index (χ1v) is 7.41. The van der Waals surface area contributed by atoms with Crippen LogP contribution in [-0.2, 0) is 6.42 Å². The van der Waals surface area contributed by atoms with E-state index in [9.17, 15) is 34.5 Å². The van der Waals surface area contributed by atoms with Crippen molar-refractivity contribution < 1.29 is 34.5 Å². The van der Waals surface area contributed by atoms with E-state index in [-0.39, 0.29) is 12.0 Å². The number of carbonyl (C=O) groups excluding carboxylic acids is 1. The van der Waals surface area contributed by atoms with E-state index < -0.39 is 46.1 Å². The number of primary amides is 1. The van der Waals surface area contributed by atoms with Crippen LogP contribution in [0.15, 0.2) is 6.07 Å². The van der Waals surface area contributed by atoms with Gasteiger partial charge in [-0.15, -0.1) is 0 Å². The number of carbonyl (C=O) groups is 4. The largest absolute Gasteiger partial charge is 0.478 e. The Labute approximate surface area is 137 Å². The van der Waals surface area contributed by atoms with Crippen LogP contribution in [-0.4, -0.2) is 39.1 Å². The highest BCUT2D eigenvalue weighted by atomic mass is 16.4. The number of benzene rings is 1. The molecule has 1 rings (SSSR count). The first-order chi connectivity index (χ1) is 11.2. The first kappa shape index (κ1) is 19.1. The summed E-state index contributed by atoms with van der Waals surface area (Å²) >= 11 is 0. The molecule has 0 atom stereocenters. The average molecular weight is 337 g/mol. The summed E-state index contributed by atoms with van der Waals surface area (Å²) in [5.41, 5.74) is 2.67. The lowest BCUT2D eigenvalue weighted by Crippen LogP contribution is -2.23. The summed E-state index contributed by atoms with van der Waals surface area (Å²) in [6.07, 6.45) is 3.00. The molecule has 0 aromatic heterocycles. The highest BCUT2D eigenvalue weighted by molar-refractivity contribution is 6.11. The number of aromatic carboxylic acids is 3. The summed E-state index contributed by atoms with van der Waals surface area (Å²) in [5.74, 6) is -5.77. The molecular weight excluding hydrogens is 318 g/mol. The molecule has 0 aliphatic heterocycles. The molecule has 0 aliphatic carbocycles. The van der Waals surface area contributed by atoms with E-state index in [2.05, 4.69) is 0 Å². The van der Waals surface area contributed by atoms with Crippen LogP contribution in [0.3, 0.4) is 0 Å². The predicted molar refractivity (Wildman–Crippen MR) is 83.7 cm³/mol. The van der Waals surface area contributed by atoms with Crippen LogP contribution in [0.2, 0.25) is 0 Å². The van der Waals surface area contributed by atoms with Crippen LogP contribution >= 0.6 is 0 Å². The Balaban J connectivity index is 3.67. The zero-order valence-corrected chi connectivity index (χ0v) is 13.2. The molecule has 0 radical (unpaired) electrons. The zero-order chi connectivity index (χ0) is 18.4. The highest BCUT2D eigenvalue weighted by Crippen LogP contribution is 2.26. The second-order valence-corrected chi connectivity index (χ2v) is 5.29. The van der Waals surface area contributed by atoms with Gasteiger partial charge >= 0.3 is 17.9 Å². The third kappa shape index (κ3) is 4.09. The van der Waals surface area contributed by atoms with Crippen molar-refractivity contribution in [3.63, 3.8) is 0 Å². The summed E-state index contributed by atoms with van der Waals surface area (Å²) in [6, 6.07) is 0.715. The standard InChI is InChI=1S/C16H19NO7/c1-2-3-4-5-6-8-11(15(21)22)9(13(17)18)7-10(14(19)20)12(8)16(23)24/h7H,2-6H2,1H3,(H2,17,18)(H,19,20)(H,21,22)(H,23,24). The van der Waals surface area contributed by atoms with Gasteiger partial charge in [0.15, 0.2) is 0 Å². The number of nitrogens with two attached hydrogens (primary N) is 1. The lowest BCUT2D eigenvalue weighted by molar-refractivity contribution is 0.0646. The Hall–Kier alpha value is -2.90. The van der Waals surface area contributed by atoms with Gasteiger partial charge in [-0.25, -0.2) is 14.4 Å². The van der Waals surface area contributed by atoms with Crippen molar-refractivity contribution in [1.29, 1.82) is 0 Å². The van der Waals surface area contributed by atoms with Crippen molar-refractivity contribution in [1.82, 2.24) is 0 Å². The highest BCUT2D eigenvalue weighted by Gasteiger charge is 2.29. The van der Waals surface area contributed by atoms with Gasteiger partial charge in [0.05, 0.1) is 22.3 Å². The van der Waals surface area contributed by atoms with Crippen molar-refractivity contribution in [3.05, 3.63) is 33.9 Å². The molecule has 5 N–H and O–H groups in total. The number of hydrogen-bond acceptors (Lipinski definition) is 4. The maximum Gasteiger partial charge on any atom is 0.336 e. The third-order valence-corrected chi connectivity index (χ3v) is 3.63. The molecule has 8 nitrogen and oxygen atoms in total. The van der Waals surface area contributed by atoms with Crippen LogP contribution in [0.25, 0.3) is 0 Å². The Morgan fingerprint density at radius 1 is 0.875 bits per heavy atom. The summed E-state index contributed by atoms with van der Waals surface area (Å²) in [4.78, 5) is 45.9. The van der Waals surface area contributed by atoms with E-state index in [1.165, 1.54) is 0 Å². The van der Waals surface area contributed by atoms with E-state index >= 15 is 0 Å². The van der Waals surface area contributed by atoms with Gasteiger partial charge < -0.3 is 21.1 Å². The van der Waals surface area contributed by atoms with Crippen LogP contribution in [0.5, 0.6) is 0 Å². The number of hydrogen-bond donors (Lipinski definition) is 4. The van der Waals surface area contributed by atoms with Gasteiger partial charge in [-0.05, 0) is 24.5 Å². The van der Waals surface area contributed by atoms with Gasteiger partial charge in [0.1, 0.15) is 0 Å². The third-order valence-electron chi connectivity index (χ3n) is 3.63. The molecular formula is C16H19NO7. The second kappa shape index (κ2) is 8.09. The van der Waals surface area contributed by atoms with Crippen molar-refractivity contribution in [2.75, 3.05) is 0 Å². The molecule has 1 amide bonds. The number of carboxylic acids is 3. The topological polar surface area (TPSA) is 155 Å². The summed E-state index contributed by atoms with van der Waals surface area (Å²) in [5, 5.41) is 28.0. The maximum absolute atomic E-state index is 11.5. The van der Waals surface area contributed by atoms with Crippen molar-refractivity contribution in [2.45, 2.75) is 39.0 Å². The second-order valence-electron chi connectivity index (χ2n) is 5.29. The molecule has 0 bridgehead atoms. The molecule has 0 spiro atoms. The smallest absolute Gasteiger partial charge is 0.336 e. The fourth-order valence-corrected chi connectivity index (χ4v) is 2.57. The van der Waals surface area contributed by atoms with Gasteiger partial charge in [0.2, 0.25) is 5.91 Å². The molecule has 0 aliphatic rings. The Morgan fingerprint density at radius 3 is 1.83 bits per heavy atom. The molecule has 24 heavy (non-hydrogen) atoms. The molecule has 0 heterocycles. The van der Waals surface area contributed by atoms with Crippen molar-refractivity contribution in [3.8, 4) is 0 Å². The summed E-state index contributed by atoms with van der Waals surface area (Å²) < 4.78 is 0. The fraction of sp³-hybridized carbons (Fsp3) is 0.375. The maximum atomic E-state index is 11.5. The number of amides is 1. The first-order valence-electron chi connectivity index (χ1n) is 7.41. The lowest BCUT2D eigenvalue weighted by Gasteiger charge is -2.15. The van der Waals surface area contributed by atoms with Crippen LogP contribution < -0.4 is 5.73 Å². The number of unbranched alkanes of at least 4 members (excludes halogenated alkanes) is 3. The minimum absolute atomic E-state index is 0.0324. The number of carboxylic acid groups (broad SMARTS) is 3. The van der Waals surface area contributed by atoms with Gasteiger partial charge in [-0.1, -0.05) is 26.2 Å². The van der Waals surface area contributed by atoms with Crippen LogP contribution in [0.4, 0.5) is 0 Å². The average Bonchev–Trinajstić information content (AvgIpc) is 2.49. The van der Waals surface area contributed by atoms with E-state index in [1.807, 2.05) is 6.92 Å². The Kier molecular flexibility index (Phi) is 6.46. The fourth-order valence-electron chi connectivity index (χ4n) is 2.57. The molecule has 0 saturated carbocycles. The van der Waals surface area contributed by atoms with E-state index in [1.54, 1.807) is 0 Å². The quantitative estimate of drug-likeness (QED) is 0.502. The van der Waals surface area contributed by atoms with Gasteiger partial charge in [-0.3, -0.25) is 4.79 Å². The summed E-state index contributed by atoms with van der Waals surface area (Å²) in [7, 11) is 0. The molecule has 130 valence electrons. The Morgan fingerprint density at radius 2 is 1.42 bits per heavy atom. The molecule has 0 fully saturated rings. The minimum atomic E-state index is -1.57. The zero-order valence-electron chi connectivity index (χ0n) is 13.2. The molecule has 0 unspecified atom stereocenters. The predicted octanol–water partition coefficient (Wildman–Crippen LogP) is 2.00. The SMILES string of the molecule is CCCCCCc1c(C(=O)O)c(C(N)=O)cc(C(=O)O)c1C(=O)O. The van der Waals surface area contributed by atoms with Crippen molar-refractivity contribution >= 4 is 23.8 Å². The van der Waals surface area contributed by atoms with Crippen LogP contribution in [0, 0.1) is 0 Å². The number of rotatable bonds is 9. The molecule has 1 aromatic rings. The van der Waals surface area contributed by atoms with E-state index in [4.69, 9.17) is 5.73 Å². The van der Waals surface area contributed by atoms with E-state index in [0.29, 0.717) is 12.5 Å². The van der Waals surface area contributed by atoms with Crippen LogP contribution in [0.1, 0.15) is 79.6 Å². The minimum Gasteiger partial charge on any atom is -0.478 e. The lowest BCUT2D eigenvalue weighted by atomic mass is 9.88. The molecule has 8 heteroatoms. The molecule has 0 saturated heterocycles. The normalized spacial score (nSPS) is 10.4. The Bertz CT molecular complexity index is 644.